The predicted octanol–water partition coefficient (Wildman–Crippen LogP) is 2.97. The summed E-state index contributed by atoms with van der Waals surface area (Å²) in [6, 6.07) is 13.0. The van der Waals surface area contributed by atoms with Gasteiger partial charge in [-0.05, 0) is 43.3 Å². The van der Waals surface area contributed by atoms with Gasteiger partial charge in [0.2, 0.25) is 5.91 Å². The minimum Gasteiger partial charge on any atom is -0.293 e. The van der Waals surface area contributed by atoms with Crippen molar-refractivity contribution in [2.45, 2.75) is 19.9 Å². The Bertz CT molecular complexity index is 983. The molecule has 1 fully saturated rings. The molecule has 0 N–H and O–H groups in total. The van der Waals surface area contributed by atoms with Gasteiger partial charge in [0, 0.05) is 11.9 Å². The molecule has 7 heteroatoms. The maximum absolute atomic E-state index is 13.1. The molecule has 2 aromatic rings. The van der Waals surface area contributed by atoms with Crippen LogP contribution in [0.3, 0.4) is 0 Å². The lowest BCUT2D eigenvalue weighted by Gasteiger charge is -2.22. The Morgan fingerprint density at radius 1 is 0.963 bits per heavy atom. The number of hydrogen-bond donors (Lipinski definition) is 0. The first-order valence-corrected chi connectivity index (χ1v) is 8.85. The van der Waals surface area contributed by atoms with E-state index in [0.29, 0.717) is 16.4 Å². The van der Waals surface area contributed by atoms with Crippen LogP contribution < -0.4 is 9.91 Å². The third kappa shape index (κ3) is 2.73. The average molecular weight is 382 g/mol. The highest BCUT2D eigenvalue weighted by atomic mass is 35.5. The largest absolute Gasteiger partial charge is 0.293 e. The van der Waals surface area contributed by atoms with Gasteiger partial charge < -0.3 is 0 Å². The van der Waals surface area contributed by atoms with E-state index in [0.717, 1.165) is 10.5 Å². The minimum atomic E-state index is -0.910. The molecule has 0 spiro atoms. The molecule has 0 aliphatic carbocycles. The second kappa shape index (κ2) is 6.32. The lowest BCUT2D eigenvalue weighted by Crippen LogP contribution is -2.39. The second-order valence-electron chi connectivity index (χ2n) is 6.63. The summed E-state index contributed by atoms with van der Waals surface area (Å²) >= 11 is 5.91. The molecule has 1 saturated heterocycles. The number of Topliss-reactive ketones (excluding diaryl/α,β-unsaturated/α-hetero) is 1. The number of anilines is 2. The SMILES string of the molecule is CC(=O)C1=NN(c2ccc(C)cc2)[C@@H]2C(=O)N(c3ccc(Cl)cc3)C(=O)[C@H]12. The van der Waals surface area contributed by atoms with Crippen LogP contribution in [0.25, 0.3) is 0 Å². The van der Waals surface area contributed by atoms with Gasteiger partial charge in [0.1, 0.15) is 17.7 Å². The molecule has 2 atom stereocenters. The Morgan fingerprint density at radius 3 is 2.15 bits per heavy atom. The van der Waals surface area contributed by atoms with E-state index in [1.807, 2.05) is 31.2 Å². The van der Waals surface area contributed by atoms with E-state index in [9.17, 15) is 14.4 Å². The Kier molecular flexibility index (Phi) is 4.08. The molecular formula is C20H16ClN3O3. The predicted molar refractivity (Wildman–Crippen MR) is 103 cm³/mol. The van der Waals surface area contributed by atoms with Crippen LogP contribution >= 0.6 is 11.6 Å². The van der Waals surface area contributed by atoms with E-state index < -0.39 is 23.8 Å². The molecule has 2 aliphatic heterocycles. The molecule has 4 rings (SSSR count). The van der Waals surface area contributed by atoms with Gasteiger partial charge in [0.25, 0.3) is 5.91 Å². The number of halogens is 1. The maximum atomic E-state index is 13.1. The highest BCUT2D eigenvalue weighted by Gasteiger charge is 2.58. The van der Waals surface area contributed by atoms with Gasteiger partial charge in [0.05, 0.1) is 11.4 Å². The van der Waals surface area contributed by atoms with Crippen molar-refractivity contribution in [2.24, 2.45) is 11.0 Å². The molecule has 0 bridgehead atoms. The zero-order chi connectivity index (χ0) is 19.3. The summed E-state index contributed by atoms with van der Waals surface area (Å²) in [5.74, 6) is -2.09. The molecule has 0 radical (unpaired) electrons. The number of nitrogens with zero attached hydrogens (tertiary/aromatic N) is 3. The smallest absolute Gasteiger partial charge is 0.259 e. The van der Waals surface area contributed by atoms with Gasteiger partial charge in [-0.2, -0.15) is 5.10 Å². The third-order valence-electron chi connectivity index (χ3n) is 4.79. The first-order chi connectivity index (χ1) is 12.9. The Morgan fingerprint density at radius 2 is 1.56 bits per heavy atom. The number of carbonyl (C=O) groups is 3. The first-order valence-electron chi connectivity index (χ1n) is 8.47. The Balaban J connectivity index is 1.79. The summed E-state index contributed by atoms with van der Waals surface area (Å²) in [5, 5.41) is 6.31. The molecule has 2 amide bonds. The monoisotopic (exact) mass is 381 g/mol. The van der Waals surface area contributed by atoms with E-state index in [1.54, 1.807) is 24.3 Å². The molecule has 0 unspecified atom stereocenters. The molecule has 6 nitrogen and oxygen atoms in total. The lowest BCUT2D eigenvalue weighted by atomic mass is 9.95. The van der Waals surface area contributed by atoms with E-state index in [-0.39, 0.29) is 11.5 Å². The molecule has 2 heterocycles. The van der Waals surface area contributed by atoms with Gasteiger partial charge >= 0.3 is 0 Å². The van der Waals surface area contributed by atoms with E-state index in [4.69, 9.17) is 11.6 Å². The third-order valence-corrected chi connectivity index (χ3v) is 5.05. The zero-order valence-corrected chi connectivity index (χ0v) is 15.5. The number of carbonyl (C=O) groups excluding carboxylic acids is 3. The number of imide groups is 1. The quantitative estimate of drug-likeness (QED) is 0.766. The van der Waals surface area contributed by atoms with E-state index in [2.05, 4.69) is 5.10 Å². The normalized spacial score (nSPS) is 21.5. The number of hydrogen-bond acceptors (Lipinski definition) is 5. The van der Waals surface area contributed by atoms with Gasteiger partial charge in [-0.1, -0.05) is 29.3 Å². The summed E-state index contributed by atoms with van der Waals surface area (Å²) < 4.78 is 0. The van der Waals surface area contributed by atoms with Gasteiger partial charge in [-0.3, -0.25) is 19.4 Å². The van der Waals surface area contributed by atoms with Gasteiger partial charge in [0.15, 0.2) is 5.78 Å². The molecule has 0 aromatic heterocycles. The summed E-state index contributed by atoms with van der Waals surface area (Å²) in [7, 11) is 0. The zero-order valence-electron chi connectivity index (χ0n) is 14.7. The fourth-order valence-electron chi connectivity index (χ4n) is 3.46. The van der Waals surface area contributed by atoms with Crippen molar-refractivity contribution in [1.82, 2.24) is 0 Å². The fourth-order valence-corrected chi connectivity index (χ4v) is 3.59. The number of benzene rings is 2. The Labute approximate surface area is 161 Å². The molecule has 0 saturated carbocycles. The van der Waals surface area contributed by atoms with Crippen LogP contribution in [-0.4, -0.2) is 29.4 Å². The summed E-state index contributed by atoms with van der Waals surface area (Å²) in [6.07, 6.45) is 0. The number of ketones is 1. The number of amides is 2. The second-order valence-corrected chi connectivity index (χ2v) is 7.07. The number of aryl methyl sites for hydroxylation is 1. The van der Waals surface area contributed by atoms with Crippen molar-refractivity contribution in [1.29, 1.82) is 0 Å². The molecule has 27 heavy (non-hydrogen) atoms. The standard InChI is InChI=1S/C20H16ClN3O3/c1-11-3-7-15(8-4-11)24-18-16(17(22-24)12(2)25)19(26)23(20(18)27)14-9-5-13(21)6-10-14/h3-10,16,18H,1-2H3/t16-,18+/m1/s1. The van der Waals surface area contributed by atoms with Crippen molar-refractivity contribution >= 4 is 46.3 Å². The summed E-state index contributed by atoms with van der Waals surface area (Å²) in [4.78, 5) is 39.4. The molecule has 2 aliphatic rings. The van der Waals surface area contributed by atoms with Gasteiger partial charge in [-0.15, -0.1) is 0 Å². The van der Waals surface area contributed by atoms with E-state index in [1.165, 1.54) is 11.9 Å². The molecule has 2 aromatic carbocycles. The first kappa shape index (κ1) is 17.4. The average Bonchev–Trinajstić information content (AvgIpc) is 3.15. The van der Waals surface area contributed by atoms with Gasteiger partial charge in [-0.25, -0.2) is 4.90 Å². The topological polar surface area (TPSA) is 70.1 Å². The summed E-state index contributed by atoms with van der Waals surface area (Å²) in [6.45, 7) is 3.31. The van der Waals surface area contributed by atoms with Crippen molar-refractivity contribution < 1.29 is 14.4 Å². The van der Waals surface area contributed by atoms with Crippen molar-refractivity contribution in [3.8, 4) is 0 Å². The minimum absolute atomic E-state index is 0.107. The van der Waals surface area contributed by atoms with Crippen LogP contribution in [-0.2, 0) is 14.4 Å². The van der Waals surface area contributed by atoms with Crippen LogP contribution in [0.2, 0.25) is 5.02 Å². The highest BCUT2D eigenvalue weighted by molar-refractivity contribution is 6.48. The van der Waals surface area contributed by atoms with Crippen molar-refractivity contribution in [3.63, 3.8) is 0 Å². The fraction of sp³-hybridized carbons (Fsp3) is 0.200. The maximum Gasteiger partial charge on any atom is 0.259 e. The highest BCUT2D eigenvalue weighted by Crippen LogP contribution is 2.38. The molecular weight excluding hydrogens is 366 g/mol. The summed E-state index contributed by atoms with van der Waals surface area (Å²) in [5.41, 5.74) is 2.25. The number of fused-ring (bicyclic) bond motifs is 1. The van der Waals surface area contributed by atoms with Crippen LogP contribution in [0, 0.1) is 12.8 Å². The lowest BCUT2D eigenvalue weighted by molar-refractivity contribution is -0.122. The van der Waals surface area contributed by atoms with Crippen LogP contribution in [0.15, 0.2) is 53.6 Å². The number of rotatable bonds is 3. The van der Waals surface area contributed by atoms with Crippen LogP contribution in [0.4, 0.5) is 11.4 Å². The van der Waals surface area contributed by atoms with Crippen molar-refractivity contribution in [2.75, 3.05) is 9.91 Å². The number of hydrazone groups is 1. The van der Waals surface area contributed by atoms with Crippen LogP contribution in [0.1, 0.15) is 12.5 Å². The van der Waals surface area contributed by atoms with E-state index >= 15 is 0 Å². The van der Waals surface area contributed by atoms with Crippen LogP contribution in [0.5, 0.6) is 0 Å². The Hall–Kier alpha value is -2.99. The van der Waals surface area contributed by atoms with Crippen molar-refractivity contribution in [3.05, 3.63) is 59.1 Å². The molecule has 136 valence electrons.